The van der Waals surface area contributed by atoms with Gasteiger partial charge < -0.3 is 0 Å². The molecule has 2 rings (SSSR count). The van der Waals surface area contributed by atoms with E-state index in [0.29, 0.717) is 11.2 Å². The zero-order chi connectivity index (χ0) is 8.55. The lowest BCUT2D eigenvalue weighted by molar-refractivity contribution is 0.751. The molecule has 0 aromatic carbocycles. The van der Waals surface area contributed by atoms with Gasteiger partial charge >= 0.3 is 0 Å². The van der Waals surface area contributed by atoms with E-state index in [9.17, 15) is 0 Å². The standard InChI is InChI=1S/C5H5ClN6/c1-11-4(6)9-5(10-11)12-2-7-8-3-12/h2-3H,1H3. The van der Waals surface area contributed by atoms with Gasteiger partial charge in [0.15, 0.2) is 0 Å². The van der Waals surface area contributed by atoms with E-state index in [-0.39, 0.29) is 0 Å². The fourth-order valence-electron chi connectivity index (χ4n) is 0.766. The number of aryl methyl sites for hydroxylation is 1. The van der Waals surface area contributed by atoms with E-state index in [1.807, 2.05) is 0 Å². The Morgan fingerprint density at radius 2 is 2.00 bits per heavy atom. The Balaban J connectivity index is 2.48. The predicted molar refractivity (Wildman–Crippen MR) is 40.9 cm³/mol. The first-order valence-corrected chi connectivity index (χ1v) is 3.56. The third-order valence-electron chi connectivity index (χ3n) is 1.35. The SMILES string of the molecule is Cn1nc(-n2cnnc2)nc1Cl. The average molecular weight is 185 g/mol. The van der Waals surface area contributed by atoms with E-state index in [2.05, 4.69) is 20.3 Å². The third kappa shape index (κ3) is 1.06. The number of halogens is 1. The average Bonchev–Trinajstić information content (AvgIpc) is 2.61. The van der Waals surface area contributed by atoms with E-state index in [1.165, 1.54) is 17.3 Å². The summed E-state index contributed by atoms with van der Waals surface area (Å²) >= 11 is 5.68. The van der Waals surface area contributed by atoms with Gasteiger partial charge in [-0.25, -0.2) is 4.68 Å². The van der Waals surface area contributed by atoms with Gasteiger partial charge in [-0.15, -0.1) is 15.3 Å². The van der Waals surface area contributed by atoms with Gasteiger partial charge in [0.2, 0.25) is 5.28 Å². The van der Waals surface area contributed by atoms with Crippen LogP contribution in [0.2, 0.25) is 5.28 Å². The van der Waals surface area contributed by atoms with E-state index in [1.54, 1.807) is 11.6 Å². The van der Waals surface area contributed by atoms with E-state index < -0.39 is 0 Å². The molecule has 0 bridgehead atoms. The fraction of sp³-hybridized carbons (Fsp3) is 0.200. The predicted octanol–water partition coefficient (Wildman–Crippen LogP) is 0.0492. The van der Waals surface area contributed by atoms with E-state index in [0.717, 1.165) is 0 Å². The van der Waals surface area contributed by atoms with Crippen LogP contribution < -0.4 is 0 Å². The van der Waals surface area contributed by atoms with Gasteiger partial charge in [0.05, 0.1) is 0 Å². The molecule has 0 aliphatic heterocycles. The van der Waals surface area contributed by atoms with Crippen molar-refractivity contribution in [3.8, 4) is 5.95 Å². The second-order valence-electron chi connectivity index (χ2n) is 2.17. The molecule has 2 aromatic rings. The summed E-state index contributed by atoms with van der Waals surface area (Å²) in [5.41, 5.74) is 0. The maximum absolute atomic E-state index is 5.68. The van der Waals surface area contributed by atoms with Gasteiger partial charge in [-0.3, -0.25) is 4.57 Å². The van der Waals surface area contributed by atoms with Crippen LogP contribution in [-0.2, 0) is 7.05 Å². The molecule has 0 saturated carbocycles. The first kappa shape index (κ1) is 7.23. The zero-order valence-corrected chi connectivity index (χ0v) is 6.97. The lowest BCUT2D eigenvalue weighted by Gasteiger charge is -1.88. The molecule has 7 heteroatoms. The highest BCUT2D eigenvalue weighted by molar-refractivity contribution is 6.28. The minimum Gasteiger partial charge on any atom is -0.254 e. The Labute approximate surface area is 72.8 Å². The second-order valence-corrected chi connectivity index (χ2v) is 2.51. The van der Waals surface area contributed by atoms with Gasteiger partial charge in [0.25, 0.3) is 5.95 Å². The normalized spacial score (nSPS) is 10.5. The van der Waals surface area contributed by atoms with Crippen LogP contribution in [0.4, 0.5) is 0 Å². The summed E-state index contributed by atoms with van der Waals surface area (Å²) in [6.07, 6.45) is 3.01. The van der Waals surface area contributed by atoms with Crippen LogP contribution in [0.3, 0.4) is 0 Å². The minimum atomic E-state index is 0.332. The van der Waals surface area contributed by atoms with Crippen molar-refractivity contribution >= 4 is 11.6 Å². The monoisotopic (exact) mass is 184 g/mol. The summed E-state index contributed by atoms with van der Waals surface area (Å²) in [6, 6.07) is 0. The van der Waals surface area contributed by atoms with Crippen molar-refractivity contribution in [2.45, 2.75) is 0 Å². The van der Waals surface area contributed by atoms with E-state index in [4.69, 9.17) is 11.6 Å². The highest BCUT2D eigenvalue weighted by Gasteiger charge is 2.05. The van der Waals surface area contributed by atoms with Crippen molar-refractivity contribution in [2.75, 3.05) is 0 Å². The fourth-order valence-corrected chi connectivity index (χ4v) is 0.879. The van der Waals surface area contributed by atoms with Gasteiger partial charge in [-0.1, -0.05) is 0 Å². The molecule has 2 heterocycles. The summed E-state index contributed by atoms with van der Waals surface area (Å²) in [7, 11) is 1.71. The number of nitrogens with zero attached hydrogens (tertiary/aromatic N) is 6. The molecule has 0 radical (unpaired) electrons. The number of aromatic nitrogens is 6. The van der Waals surface area contributed by atoms with Crippen molar-refractivity contribution in [2.24, 2.45) is 7.05 Å². The topological polar surface area (TPSA) is 61.4 Å². The molecule has 0 spiro atoms. The third-order valence-corrected chi connectivity index (χ3v) is 1.68. The Morgan fingerprint density at radius 3 is 2.50 bits per heavy atom. The van der Waals surface area contributed by atoms with Crippen LogP contribution in [0.1, 0.15) is 0 Å². The van der Waals surface area contributed by atoms with Crippen LogP contribution in [0.15, 0.2) is 12.7 Å². The molecule has 0 atom stereocenters. The summed E-state index contributed by atoms with van der Waals surface area (Å²) < 4.78 is 3.04. The Bertz CT molecular complexity index is 357. The Morgan fingerprint density at radius 1 is 1.33 bits per heavy atom. The van der Waals surface area contributed by atoms with Crippen molar-refractivity contribution < 1.29 is 0 Å². The molecule has 0 aliphatic rings. The van der Waals surface area contributed by atoms with Gasteiger partial charge in [0, 0.05) is 7.05 Å². The van der Waals surface area contributed by atoms with Crippen LogP contribution in [-0.4, -0.2) is 29.5 Å². The van der Waals surface area contributed by atoms with Gasteiger partial charge in [-0.2, -0.15) is 4.98 Å². The summed E-state index contributed by atoms with van der Waals surface area (Å²) in [5.74, 6) is 0.465. The maximum Gasteiger partial charge on any atom is 0.256 e. The maximum atomic E-state index is 5.68. The van der Waals surface area contributed by atoms with Gasteiger partial charge in [0.1, 0.15) is 12.7 Å². The number of rotatable bonds is 1. The van der Waals surface area contributed by atoms with Crippen molar-refractivity contribution in [3.63, 3.8) is 0 Å². The highest BCUT2D eigenvalue weighted by atomic mass is 35.5. The quantitative estimate of drug-likeness (QED) is 0.628. The molecule has 12 heavy (non-hydrogen) atoms. The molecule has 6 nitrogen and oxygen atoms in total. The highest BCUT2D eigenvalue weighted by Crippen LogP contribution is 2.05. The summed E-state index contributed by atoms with van der Waals surface area (Å²) in [4.78, 5) is 3.95. The Hall–Kier alpha value is -1.43. The number of hydrogen-bond acceptors (Lipinski definition) is 4. The second kappa shape index (κ2) is 2.56. The van der Waals surface area contributed by atoms with Crippen LogP contribution in [0, 0.1) is 0 Å². The largest absolute Gasteiger partial charge is 0.256 e. The van der Waals surface area contributed by atoms with Crippen molar-refractivity contribution in [3.05, 3.63) is 17.9 Å². The van der Waals surface area contributed by atoms with Crippen LogP contribution in [0.25, 0.3) is 5.95 Å². The summed E-state index contributed by atoms with van der Waals surface area (Å²) in [6.45, 7) is 0. The molecular formula is C5H5ClN6. The van der Waals surface area contributed by atoms with Crippen molar-refractivity contribution in [1.29, 1.82) is 0 Å². The first-order chi connectivity index (χ1) is 5.77. The lowest BCUT2D eigenvalue weighted by atomic mass is 10.9. The molecule has 0 N–H and O–H groups in total. The molecule has 0 unspecified atom stereocenters. The molecule has 0 fully saturated rings. The van der Waals surface area contributed by atoms with Crippen molar-refractivity contribution in [1.82, 2.24) is 29.5 Å². The molecule has 0 saturated heterocycles. The summed E-state index contributed by atoms with van der Waals surface area (Å²) in [5, 5.41) is 11.6. The smallest absolute Gasteiger partial charge is 0.254 e. The molecule has 2 aromatic heterocycles. The van der Waals surface area contributed by atoms with Crippen LogP contribution >= 0.6 is 11.6 Å². The first-order valence-electron chi connectivity index (χ1n) is 3.19. The molecule has 0 amide bonds. The minimum absolute atomic E-state index is 0.332. The molecular weight excluding hydrogens is 180 g/mol. The number of hydrogen-bond donors (Lipinski definition) is 0. The molecule has 62 valence electrons. The zero-order valence-electron chi connectivity index (χ0n) is 6.22. The molecule has 0 aliphatic carbocycles. The van der Waals surface area contributed by atoms with Crippen LogP contribution in [0.5, 0.6) is 0 Å². The van der Waals surface area contributed by atoms with E-state index >= 15 is 0 Å². The lowest BCUT2D eigenvalue weighted by Crippen LogP contribution is -1.95. The van der Waals surface area contributed by atoms with Gasteiger partial charge in [-0.05, 0) is 11.6 Å². The Kier molecular flexibility index (Phi) is 1.54.